The Hall–Kier alpha value is -1.61. The van der Waals surface area contributed by atoms with Gasteiger partial charge in [-0.2, -0.15) is 0 Å². The van der Waals surface area contributed by atoms with E-state index in [1.807, 2.05) is 6.07 Å². The van der Waals surface area contributed by atoms with E-state index < -0.39 is 5.91 Å². The third kappa shape index (κ3) is 2.46. The molecule has 0 saturated carbocycles. The second kappa shape index (κ2) is 4.94. The molecule has 3 heteroatoms. The molecule has 0 saturated heterocycles. The first kappa shape index (κ1) is 12.8. The van der Waals surface area contributed by atoms with Crippen LogP contribution < -0.4 is 5.73 Å². The number of hydrogen-bond donors (Lipinski definition) is 1. The van der Waals surface area contributed by atoms with E-state index in [1.165, 1.54) is 11.1 Å². The Kier molecular flexibility index (Phi) is 3.53. The van der Waals surface area contributed by atoms with Crippen LogP contribution in [0, 0.1) is 13.8 Å². The second-order valence-corrected chi connectivity index (χ2v) is 5.23. The van der Waals surface area contributed by atoms with Gasteiger partial charge in [-0.3, -0.25) is 4.79 Å². The summed E-state index contributed by atoms with van der Waals surface area (Å²) in [5.74, 6) is -0.414. The average Bonchev–Trinajstić information content (AvgIpc) is 2.30. The van der Waals surface area contributed by atoms with Crippen LogP contribution in [0.5, 0.6) is 0 Å². The first-order valence-corrected chi connectivity index (χ1v) is 6.45. The lowest BCUT2D eigenvalue weighted by molar-refractivity contribution is 0.100. The van der Waals surface area contributed by atoms with E-state index in [2.05, 4.69) is 48.0 Å². The van der Waals surface area contributed by atoms with Crippen LogP contribution in [-0.4, -0.2) is 5.91 Å². The summed E-state index contributed by atoms with van der Waals surface area (Å²) in [6, 6.07) is 11.7. The van der Waals surface area contributed by atoms with Gasteiger partial charge < -0.3 is 5.73 Å². The highest BCUT2D eigenvalue weighted by molar-refractivity contribution is 9.10. The van der Waals surface area contributed by atoms with Crippen molar-refractivity contribution < 1.29 is 4.79 Å². The van der Waals surface area contributed by atoms with E-state index in [0.717, 1.165) is 15.6 Å². The van der Waals surface area contributed by atoms with Gasteiger partial charge in [0.05, 0.1) is 0 Å². The van der Waals surface area contributed by atoms with E-state index in [4.69, 9.17) is 5.73 Å². The summed E-state index contributed by atoms with van der Waals surface area (Å²) in [4.78, 5) is 11.1. The molecule has 18 heavy (non-hydrogen) atoms. The summed E-state index contributed by atoms with van der Waals surface area (Å²) in [5, 5.41) is 0. The van der Waals surface area contributed by atoms with Crippen molar-refractivity contribution in [2.24, 2.45) is 5.73 Å². The zero-order valence-electron chi connectivity index (χ0n) is 10.3. The van der Waals surface area contributed by atoms with Crippen LogP contribution in [0.2, 0.25) is 0 Å². The number of carbonyl (C=O) groups excluding carboxylic acids is 1. The van der Waals surface area contributed by atoms with Gasteiger partial charge >= 0.3 is 0 Å². The number of carbonyl (C=O) groups is 1. The van der Waals surface area contributed by atoms with Crippen LogP contribution in [0.15, 0.2) is 40.9 Å². The molecule has 0 aliphatic heterocycles. The quantitative estimate of drug-likeness (QED) is 0.900. The number of aryl methyl sites for hydroxylation is 2. The highest BCUT2D eigenvalue weighted by atomic mass is 79.9. The van der Waals surface area contributed by atoms with Crippen LogP contribution in [0.3, 0.4) is 0 Å². The minimum atomic E-state index is -0.414. The largest absolute Gasteiger partial charge is 0.366 e. The fraction of sp³-hybridized carbons (Fsp3) is 0.133. The van der Waals surface area contributed by atoms with E-state index in [0.29, 0.717) is 5.56 Å². The third-order valence-corrected chi connectivity index (χ3v) is 3.58. The number of halogens is 1. The van der Waals surface area contributed by atoms with E-state index in [-0.39, 0.29) is 0 Å². The van der Waals surface area contributed by atoms with Crippen molar-refractivity contribution >= 4 is 21.8 Å². The number of benzene rings is 2. The first-order valence-electron chi connectivity index (χ1n) is 5.66. The SMILES string of the molecule is Cc1ccc(-c2ccc(C(N)=O)cc2Br)c(C)c1. The summed E-state index contributed by atoms with van der Waals surface area (Å²) in [7, 11) is 0. The van der Waals surface area contributed by atoms with Crippen LogP contribution >= 0.6 is 15.9 Å². The average molecular weight is 304 g/mol. The fourth-order valence-corrected chi connectivity index (χ4v) is 2.59. The Bertz CT molecular complexity index is 620. The summed E-state index contributed by atoms with van der Waals surface area (Å²) in [5.41, 5.74) is 10.4. The van der Waals surface area contributed by atoms with E-state index >= 15 is 0 Å². The number of primary amides is 1. The standard InChI is InChI=1S/C15H14BrNO/c1-9-3-5-12(10(2)7-9)13-6-4-11(15(17)18)8-14(13)16/h3-8H,1-2H3,(H2,17,18). The number of nitrogens with two attached hydrogens (primary N) is 1. The summed E-state index contributed by atoms with van der Waals surface area (Å²) in [6.07, 6.45) is 0. The molecular weight excluding hydrogens is 290 g/mol. The first-order chi connectivity index (χ1) is 8.49. The zero-order valence-corrected chi connectivity index (χ0v) is 11.9. The Balaban J connectivity index is 2.54. The molecule has 0 heterocycles. The van der Waals surface area contributed by atoms with Gasteiger partial charge in [-0.1, -0.05) is 45.8 Å². The molecule has 0 spiro atoms. The minimum Gasteiger partial charge on any atom is -0.366 e. The molecule has 0 aliphatic carbocycles. The lowest BCUT2D eigenvalue weighted by Gasteiger charge is -2.10. The lowest BCUT2D eigenvalue weighted by atomic mass is 9.98. The van der Waals surface area contributed by atoms with Crippen molar-refractivity contribution in [1.82, 2.24) is 0 Å². The summed E-state index contributed by atoms with van der Waals surface area (Å²) < 4.78 is 0.880. The highest BCUT2D eigenvalue weighted by Gasteiger charge is 2.09. The maximum absolute atomic E-state index is 11.1. The molecule has 0 bridgehead atoms. The number of amides is 1. The maximum Gasteiger partial charge on any atom is 0.248 e. The lowest BCUT2D eigenvalue weighted by Crippen LogP contribution is -2.10. The topological polar surface area (TPSA) is 43.1 Å². The molecule has 0 unspecified atom stereocenters. The number of hydrogen-bond acceptors (Lipinski definition) is 1. The van der Waals surface area contributed by atoms with Gasteiger partial charge in [0.1, 0.15) is 0 Å². The smallest absolute Gasteiger partial charge is 0.248 e. The Labute approximate surface area is 115 Å². The van der Waals surface area contributed by atoms with Gasteiger partial charge in [0.25, 0.3) is 0 Å². The van der Waals surface area contributed by atoms with Crippen molar-refractivity contribution in [2.45, 2.75) is 13.8 Å². The second-order valence-electron chi connectivity index (χ2n) is 4.38. The van der Waals surface area contributed by atoms with Crippen LogP contribution in [0.25, 0.3) is 11.1 Å². The molecule has 0 aromatic heterocycles. The Morgan fingerprint density at radius 1 is 1.06 bits per heavy atom. The molecule has 2 nitrogen and oxygen atoms in total. The van der Waals surface area contributed by atoms with E-state index in [1.54, 1.807) is 12.1 Å². The van der Waals surface area contributed by atoms with Crippen molar-refractivity contribution in [2.75, 3.05) is 0 Å². The Morgan fingerprint density at radius 3 is 2.28 bits per heavy atom. The van der Waals surface area contributed by atoms with Crippen molar-refractivity contribution in [1.29, 1.82) is 0 Å². The van der Waals surface area contributed by atoms with Crippen molar-refractivity contribution in [3.05, 3.63) is 57.6 Å². The summed E-state index contributed by atoms with van der Waals surface area (Å²) >= 11 is 3.50. The van der Waals surface area contributed by atoms with Gasteiger partial charge in [0, 0.05) is 10.0 Å². The molecule has 2 aromatic carbocycles. The minimum absolute atomic E-state index is 0.414. The fourth-order valence-electron chi connectivity index (χ4n) is 2.00. The van der Waals surface area contributed by atoms with Crippen LogP contribution in [0.1, 0.15) is 21.5 Å². The van der Waals surface area contributed by atoms with Gasteiger partial charge in [0.2, 0.25) is 5.91 Å². The Morgan fingerprint density at radius 2 is 1.72 bits per heavy atom. The molecule has 2 N–H and O–H groups in total. The predicted molar refractivity (Wildman–Crippen MR) is 77.6 cm³/mol. The maximum atomic E-state index is 11.1. The van der Waals surface area contributed by atoms with Crippen LogP contribution in [0.4, 0.5) is 0 Å². The highest BCUT2D eigenvalue weighted by Crippen LogP contribution is 2.31. The molecule has 1 amide bonds. The van der Waals surface area contributed by atoms with Gasteiger partial charge in [-0.15, -0.1) is 0 Å². The molecule has 0 radical (unpaired) electrons. The summed E-state index contributed by atoms with van der Waals surface area (Å²) in [6.45, 7) is 4.15. The van der Waals surface area contributed by atoms with Crippen molar-refractivity contribution in [3.63, 3.8) is 0 Å². The van der Waals surface area contributed by atoms with E-state index in [9.17, 15) is 4.79 Å². The van der Waals surface area contributed by atoms with Gasteiger partial charge in [-0.25, -0.2) is 0 Å². The predicted octanol–water partition coefficient (Wildman–Crippen LogP) is 3.83. The number of rotatable bonds is 2. The normalized spacial score (nSPS) is 10.4. The monoisotopic (exact) mass is 303 g/mol. The van der Waals surface area contributed by atoms with Gasteiger partial charge in [0.15, 0.2) is 0 Å². The molecule has 92 valence electrons. The van der Waals surface area contributed by atoms with Crippen molar-refractivity contribution in [3.8, 4) is 11.1 Å². The third-order valence-electron chi connectivity index (χ3n) is 2.93. The molecule has 2 aromatic rings. The zero-order chi connectivity index (χ0) is 13.3. The molecule has 2 rings (SSSR count). The van der Waals surface area contributed by atoms with Gasteiger partial charge in [-0.05, 0) is 42.7 Å². The molecule has 0 fully saturated rings. The van der Waals surface area contributed by atoms with Crippen LogP contribution in [-0.2, 0) is 0 Å². The molecule has 0 aliphatic rings. The molecular formula is C15H14BrNO. The molecule has 0 atom stereocenters.